The third kappa shape index (κ3) is 3.72. The number of halogens is 1. The summed E-state index contributed by atoms with van der Waals surface area (Å²) in [5, 5.41) is 3.12. The first kappa shape index (κ1) is 14.5. The number of anilines is 1. The van der Waals surface area contributed by atoms with Crippen LogP contribution in [0.15, 0.2) is 24.3 Å². The molecule has 0 aromatic heterocycles. The third-order valence-corrected chi connectivity index (χ3v) is 2.72. The van der Waals surface area contributed by atoms with Gasteiger partial charge in [0.25, 0.3) is 0 Å². The molecular weight excluding hydrogens is 233 g/mol. The zero-order valence-electron chi connectivity index (χ0n) is 11.3. The molecule has 0 spiro atoms. The molecule has 0 aliphatic heterocycles. The first-order valence-electron chi connectivity index (χ1n) is 5.99. The Balaban J connectivity index is 2.90. The topological polar surface area (TPSA) is 38.3 Å². The SMILES string of the molecule is COC(=O)C(C)(CC(C)C)Nc1ccc(F)cc1. The van der Waals surface area contributed by atoms with E-state index in [0.29, 0.717) is 18.0 Å². The second-order valence-electron chi connectivity index (χ2n) is 5.05. The fraction of sp³-hybridized carbons (Fsp3) is 0.500. The van der Waals surface area contributed by atoms with Gasteiger partial charge in [-0.2, -0.15) is 0 Å². The van der Waals surface area contributed by atoms with Gasteiger partial charge in [0.2, 0.25) is 0 Å². The molecule has 4 heteroatoms. The molecule has 1 N–H and O–H groups in total. The molecule has 0 fully saturated rings. The van der Waals surface area contributed by atoms with Gasteiger partial charge in [-0.1, -0.05) is 13.8 Å². The molecule has 0 amide bonds. The molecule has 1 unspecified atom stereocenters. The fourth-order valence-electron chi connectivity index (χ4n) is 2.08. The van der Waals surface area contributed by atoms with Crippen LogP contribution in [-0.4, -0.2) is 18.6 Å². The molecule has 3 nitrogen and oxygen atoms in total. The first-order chi connectivity index (χ1) is 8.37. The normalized spacial score (nSPS) is 14.1. The van der Waals surface area contributed by atoms with Gasteiger partial charge < -0.3 is 10.1 Å². The summed E-state index contributed by atoms with van der Waals surface area (Å²) in [4.78, 5) is 11.9. The molecule has 1 rings (SSSR count). The summed E-state index contributed by atoms with van der Waals surface area (Å²) < 4.78 is 17.7. The number of ether oxygens (including phenoxy) is 1. The lowest BCUT2D eigenvalue weighted by atomic mass is 9.90. The Morgan fingerprint density at radius 1 is 1.39 bits per heavy atom. The third-order valence-electron chi connectivity index (χ3n) is 2.72. The van der Waals surface area contributed by atoms with E-state index in [1.165, 1.54) is 19.2 Å². The predicted octanol–water partition coefficient (Wildman–Crippen LogP) is 3.22. The van der Waals surface area contributed by atoms with Crippen molar-refractivity contribution in [2.45, 2.75) is 32.7 Å². The second-order valence-corrected chi connectivity index (χ2v) is 5.05. The van der Waals surface area contributed by atoms with Crippen LogP contribution < -0.4 is 5.32 Å². The number of carbonyl (C=O) groups excluding carboxylic acids is 1. The van der Waals surface area contributed by atoms with Crippen LogP contribution in [0.2, 0.25) is 0 Å². The number of carbonyl (C=O) groups is 1. The Bertz CT molecular complexity index is 403. The summed E-state index contributed by atoms with van der Waals surface area (Å²) in [5.41, 5.74) is -0.106. The summed E-state index contributed by atoms with van der Waals surface area (Å²) in [7, 11) is 1.37. The van der Waals surface area contributed by atoms with Crippen LogP contribution >= 0.6 is 0 Å². The Morgan fingerprint density at radius 3 is 2.39 bits per heavy atom. The highest BCUT2D eigenvalue weighted by Crippen LogP contribution is 2.24. The lowest BCUT2D eigenvalue weighted by molar-refractivity contribution is -0.146. The lowest BCUT2D eigenvalue weighted by Crippen LogP contribution is -2.45. The maximum absolute atomic E-state index is 12.8. The number of methoxy groups -OCH3 is 1. The van der Waals surface area contributed by atoms with Gasteiger partial charge in [0.05, 0.1) is 7.11 Å². The van der Waals surface area contributed by atoms with Crippen molar-refractivity contribution in [2.24, 2.45) is 5.92 Å². The second kappa shape index (κ2) is 5.85. The number of hydrogen-bond donors (Lipinski definition) is 1. The number of rotatable bonds is 5. The van der Waals surface area contributed by atoms with E-state index in [0.717, 1.165) is 0 Å². The van der Waals surface area contributed by atoms with Crippen LogP contribution in [0.1, 0.15) is 27.2 Å². The Labute approximate surface area is 107 Å². The molecule has 0 bridgehead atoms. The lowest BCUT2D eigenvalue weighted by Gasteiger charge is -2.30. The molecule has 1 atom stereocenters. The monoisotopic (exact) mass is 253 g/mol. The summed E-state index contributed by atoms with van der Waals surface area (Å²) in [6.07, 6.45) is 0.636. The van der Waals surface area contributed by atoms with Crippen molar-refractivity contribution in [2.75, 3.05) is 12.4 Å². The van der Waals surface area contributed by atoms with Crippen LogP contribution in [0.4, 0.5) is 10.1 Å². The predicted molar refractivity (Wildman–Crippen MR) is 69.9 cm³/mol. The van der Waals surface area contributed by atoms with E-state index in [1.54, 1.807) is 19.1 Å². The van der Waals surface area contributed by atoms with Crippen molar-refractivity contribution < 1.29 is 13.9 Å². The standard InChI is InChI=1S/C14H20FNO2/c1-10(2)9-14(3,13(17)18-4)16-12-7-5-11(15)6-8-12/h5-8,10,16H,9H2,1-4H3. The van der Waals surface area contributed by atoms with Gasteiger partial charge >= 0.3 is 5.97 Å². The van der Waals surface area contributed by atoms with Gasteiger partial charge in [-0.25, -0.2) is 9.18 Å². The zero-order chi connectivity index (χ0) is 13.8. The van der Waals surface area contributed by atoms with Crippen molar-refractivity contribution in [3.05, 3.63) is 30.1 Å². The summed E-state index contributed by atoms with van der Waals surface area (Å²) in [6.45, 7) is 5.86. The molecule has 0 saturated carbocycles. The smallest absolute Gasteiger partial charge is 0.331 e. The van der Waals surface area contributed by atoms with E-state index in [2.05, 4.69) is 5.32 Å². The summed E-state index contributed by atoms with van der Waals surface area (Å²) in [5.74, 6) is -0.285. The van der Waals surface area contributed by atoms with Gasteiger partial charge in [-0.05, 0) is 43.5 Å². The minimum absolute atomic E-state index is 0.302. The molecular formula is C14H20FNO2. The van der Waals surface area contributed by atoms with Crippen LogP contribution in [0.3, 0.4) is 0 Å². The van der Waals surface area contributed by atoms with E-state index in [-0.39, 0.29) is 11.8 Å². The molecule has 0 radical (unpaired) electrons. The average molecular weight is 253 g/mol. The van der Waals surface area contributed by atoms with E-state index < -0.39 is 5.54 Å². The van der Waals surface area contributed by atoms with E-state index in [4.69, 9.17) is 4.74 Å². The summed E-state index contributed by atoms with van der Waals surface area (Å²) in [6, 6.07) is 5.93. The van der Waals surface area contributed by atoms with E-state index in [1.807, 2.05) is 13.8 Å². The fourth-order valence-corrected chi connectivity index (χ4v) is 2.08. The average Bonchev–Trinajstić information content (AvgIpc) is 2.30. The molecule has 0 saturated heterocycles. The van der Waals surface area contributed by atoms with Crippen molar-refractivity contribution in [1.29, 1.82) is 0 Å². The van der Waals surface area contributed by atoms with E-state index >= 15 is 0 Å². The molecule has 18 heavy (non-hydrogen) atoms. The summed E-state index contributed by atoms with van der Waals surface area (Å²) >= 11 is 0. The number of hydrogen-bond acceptors (Lipinski definition) is 3. The number of esters is 1. The number of benzene rings is 1. The molecule has 0 aliphatic carbocycles. The maximum atomic E-state index is 12.8. The zero-order valence-corrected chi connectivity index (χ0v) is 11.3. The number of nitrogens with one attached hydrogen (secondary N) is 1. The highest BCUT2D eigenvalue weighted by Gasteiger charge is 2.34. The first-order valence-corrected chi connectivity index (χ1v) is 5.99. The quantitative estimate of drug-likeness (QED) is 0.819. The van der Waals surface area contributed by atoms with Crippen LogP contribution in [0, 0.1) is 11.7 Å². The minimum atomic E-state index is -0.805. The molecule has 0 heterocycles. The van der Waals surface area contributed by atoms with Crippen molar-refractivity contribution in [1.82, 2.24) is 0 Å². The van der Waals surface area contributed by atoms with Crippen LogP contribution in [0.5, 0.6) is 0 Å². The molecule has 0 aliphatic rings. The van der Waals surface area contributed by atoms with Gasteiger partial charge in [0, 0.05) is 5.69 Å². The van der Waals surface area contributed by atoms with Gasteiger partial charge in [0.1, 0.15) is 11.4 Å². The van der Waals surface area contributed by atoms with Crippen LogP contribution in [-0.2, 0) is 9.53 Å². The van der Waals surface area contributed by atoms with Gasteiger partial charge in [-0.3, -0.25) is 0 Å². The van der Waals surface area contributed by atoms with Crippen molar-refractivity contribution in [3.63, 3.8) is 0 Å². The molecule has 1 aromatic carbocycles. The molecule has 1 aromatic rings. The van der Waals surface area contributed by atoms with E-state index in [9.17, 15) is 9.18 Å². The Hall–Kier alpha value is -1.58. The van der Waals surface area contributed by atoms with Gasteiger partial charge in [-0.15, -0.1) is 0 Å². The van der Waals surface area contributed by atoms with Crippen LogP contribution in [0.25, 0.3) is 0 Å². The highest BCUT2D eigenvalue weighted by molar-refractivity contribution is 5.84. The van der Waals surface area contributed by atoms with Crippen molar-refractivity contribution in [3.8, 4) is 0 Å². The van der Waals surface area contributed by atoms with Crippen molar-refractivity contribution >= 4 is 11.7 Å². The maximum Gasteiger partial charge on any atom is 0.331 e. The largest absolute Gasteiger partial charge is 0.467 e. The molecule has 100 valence electrons. The Kier molecular flexibility index (Phi) is 4.70. The minimum Gasteiger partial charge on any atom is -0.467 e. The Morgan fingerprint density at radius 2 is 1.94 bits per heavy atom. The highest BCUT2D eigenvalue weighted by atomic mass is 19.1. The van der Waals surface area contributed by atoms with Gasteiger partial charge in [0.15, 0.2) is 0 Å².